The highest BCUT2D eigenvalue weighted by Gasteiger charge is 2.25. The normalized spacial score (nSPS) is 15.7. The summed E-state index contributed by atoms with van der Waals surface area (Å²) >= 11 is 0. The lowest BCUT2D eigenvalue weighted by atomic mass is 9.97. The molecule has 3 aromatic rings. The fraction of sp³-hybridized carbons (Fsp3) is 0.304. The molecule has 1 fully saturated rings. The fourth-order valence-corrected chi connectivity index (χ4v) is 3.90. The van der Waals surface area contributed by atoms with Gasteiger partial charge in [0.05, 0.1) is 5.56 Å². The van der Waals surface area contributed by atoms with E-state index < -0.39 is 12.1 Å². The Balaban J connectivity index is 1.64. The van der Waals surface area contributed by atoms with Crippen LogP contribution in [0.1, 0.15) is 43.0 Å². The van der Waals surface area contributed by atoms with Crippen molar-refractivity contribution < 1.29 is 14.3 Å². The summed E-state index contributed by atoms with van der Waals surface area (Å²) in [6, 6.07) is 17.8. The van der Waals surface area contributed by atoms with Crippen LogP contribution in [0.2, 0.25) is 0 Å². The number of benzene rings is 3. The molecule has 4 heteroatoms. The van der Waals surface area contributed by atoms with Gasteiger partial charge in [0.25, 0.3) is 5.91 Å². The minimum absolute atomic E-state index is 0.206. The molecular weight excluding hydrogens is 338 g/mol. The van der Waals surface area contributed by atoms with Crippen molar-refractivity contribution in [2.75, 3.05) is 0 Å². The molecule has 1 atom stereocenters. The zero-order valence-corrected chi connectivity index (χ0v) is 15.4. The molecule has 0 aromatic heterocycles. The van der Waals surface area contributed by atoms with Crippen LogP contribution in [0.4, 0.5) is 0 Å². The molecule has 27 heavy (non-hydrogen) atoms. The summed E-state index contributed by atoms with van der Waals surface area (Å²) in [6.45, 7) is 1.63. The molecule has 4 rings (SSSR count). The van der Waals surface area contributed by atoms with Gasteiger partial charge in [-0.3, -0.25) is 4.79 Å². The third kappa shape index (κ3) is 3.52. The van der Waals surface area contributed by atoms with E-state index in [1.165, 1.54) is 0 Å². The van der Waals surface area contributed by atoms with Crippen molar-refractivity contribution in [3.63, 3.8) is 0 Å². The first-order valence-electron chi connectivity index (χ1n) is 9.55. The number of carbonyl (C=O) groups is 2. The lowest BCUT2D eigenvalue weighted by Crippen LogP contribution is -2.40. The van der Waals surface area contributed by atoms with Gasteiger partial charge in [0, 0.05) is 6.04 Å². The van der Waals surface area contributed by atoms with Crippen LogP contribution in [0.5, 0.6) is 0 Å². The Morgan fingerprint density at radius 2 is 1.52 bits per heavy atom. The molecule has 0 unspecified atom stereocenters. The van der Waals surface area contributed by atoms with E-state index in [0.717, 1.165) is 47.2 Å². The monoisotopic (exact) mass is 361 g/mol. The van der Waals surface area contributed by atoms with E-state index in [4.69, 9.17) is 4.74 Å². The Morgan fingerprint density at radius 1 is 0.963 bits per heavy atom. The van der Waals surface area contributed by atoms with Gasteiger partial charge in [0.2, 0.25) is 0 Å². The van der Waals surface area contributed by atoms with Crippen LogP contribution >= 0.6 is 0 Å². The fourth-order valence-electron chi connectivity index (χ4n) is 3.90. The molecular formula is C23H23NO3. The largest absolute Gasteiger partial charge is 0.449 e. The summed E-state index contributed by atoms with van der Waals surface area (Å²) in [4.78, 5) is 25.4. The molecule has 1 N–H and O–H groups in total. The summed E-state index contributed by atoms with van der Waals surface area (Å²) in [5, 5.41) is 6.62. The lowest BCUT2D eigenvalue weighted by Gasteiger charge is -2.18. The Labute approximate surface area is 158 Å². The van der Waals surface area contributed by atoms with Crippen molar-refractivity contribution in [3.05, 3.63) is 60.2 Å². The maximum atomic E-state index is 13.0. The SMILES string of the molecule is C[C@@H](OC(=O)c1c2ccccc2cc2ccccc12)C(=O)NC1CCCC1. The lowest BCUT2D eigenvalue weighted by molar-refractivity contribution is -0.129. The quantitative estimate of drug-likeness (QED) is 0.546. The van der Waals surface area contributed by atoms with Gasteiger partial charge in [-0.15, -0.1) is 0 Å². The van der Waals surface area contributed by atoms with E-state index >= 15 is 0 Å². The molecule has 0 aliphatic heterocycles. The minimum atomic E-state index is -0.823. The molecule has 0 heterocycles. The first kappa shape index (κ1) is 17.5. The highest BCUT2D eigenvalue weighted by molar-refractivity contribution is 6.16. The number of esters is 1. The van der Waals surface area contributed by atoms with Gasteiger partial charge < -0.3 is 10.1 Å². The summed E-state index contributed by atoms with van der Waals surface area (Å²) in [6.07, 6.45) is 3.46. The van der Waals surface area contributed by atoms with Gasteiger partial charge in [-0.1, -0.05) is 61.4 Å². The van der Waals surface area contributed by atoms with Crippen molar-refractivity contribution in [1.29, 1.82) is 0 Å². The topological polar surface area (TPSA) is 55.4 Å². The molecule has 138 valence electrons. The highest BCUT2D eigenvalue weighted by Crippen LogP contribution is 2.29. The van der Waals surface area contributed by atoms with Crippen LogP contribution in [0.3, 0.4) is 0 Å². The Hall–Kier alpha value is -2.88. The second-order valence-electron chi connectivity index (χ2n) is 7.23. The molecule has 0 radical (unpaired) electrons. The molecule has 0 spiro atoms. The Kier molecular flexibility index (Phi) is 4.80. The molecule has 0 saturated heterocycles. The van der Waals surface area contributed by atoms with Crippen LogP contribution in [0.15, 0.2) is 54.6 Å². The summed E-state index contributed by atoms with van der Waals surface area (Å²) < 4.78 is 5.57. The number of hydrogen-bond donors (Lipinski definition) is 1. The van der Waals surface area contributed by atoms with Crippen LogP contribution in [0, 0.1) is 0 Å². The maximum Gasteiger partial charge on any atom is 0.340 e. The minimum Gasteiger partial charge on any atom is -0.449 e. The molecule has 1 amide bonds. The van der Waals surface area contributed by atoms with E-state index in [1.807, 2.05) is 48.5 Å². The second-order valence-corrected chi connectivity index (χ2v) is 7.23. The van der Waals surface area contributed by atoms with Gasteiger partial charge in [-0.05, 0) is 47.4 Å². The van der Waals surface area contributed by atoms with E-state index in [0.29, 0.717) is 5.56 Å². The standard InChI is InChI=1S/C23H23NO3/c1-15(22(25)24-18-10-4-5-11-18)27-23(26)21-19-12-6-2-8-16(19)14-17-9-3-7-13-20(17)21/h2-3,6-9,12-15,18H,4-5,10-11H2,1H3,(H,24,25)/t15-/m1/s1. The van der Waals surface area contributed by atoms with E-state index in [2.05, 4.69) is 11.4 Å². The Morgan fingerprint density at radius 3 is 2.11 bits per heavy atom. The highest BCUT2D eigenvalue weighted by atomic mass is 16.5. The number of hydrogen-bond acceptors (Lipinski definition) is 3. The molecule has 3 aromatic carbocycles. The third-order valence-corrected chi connectivity index (χ3v) is 5.33. The van der Waals surface area contributed by atoms with Crippen LogP contribution in [0.25, 0.3) is 21.5 Å². The zero-order chi connectivity index (χ0) is 18.8. The first-order chi connectivity index (χ1) is 13.1. The van der Waals surface area contributed by atoms with Crippen molar-refractivity contribution in [2.24, 2.45) is 0 Å². The van der Waals surface area contributed by atoms with Gasteiger partial charge >= 0.3 is 5.97 Å². The van der Waals surface area contributed by atoms with Crippen LogP contribution < -0.4 is 5.32 Å². The number of amides is 1. The first-order valence-corrected chi connectivity index (χ1v) is 9.55. The number of fused-ring (bicyclic) bond motifs is 2. The third-order valence-electron chi connectivity index (χ3n) is 5.33. The second kappa shape index (κ2) is 7.39. The zero-order valence-electron chi connectivity index (χ0n) is 15.4. The summed E-state index contributed by atoms with van der Waals surface area (Å²) in [7, 11) is 0. The number of carbonyl (C=O) groups excluding carboxylic acids is 2. The maximum absolute atomic E-state index is 13.0. The van der Waals surface area contributed by atoms with Gasteiger partial charge in [0.15, 0.2) is 6.10 Å². The van der Waals surface area contributed by atoms with E-state index in [9.17, 15) is 9.59 Å². The van der Waals surface area contributed by atoms with Gasteiger partial charge in [0.1, 0.15) is 0 Å². The predicted octanol–water partition coefficient (Wildman–Crippen LogP) is 4.60. The molecule has 4 nitrogen and oxygen atoms in total. The number of rotatable bonds is 4. The van der Waals surface area contributed by atoms with Crippen LogP contribution in [-0.2, 0) is 9.53 Å². The van der Waals surface area contributed by atoms with Crippen LogP contribution in [-0.4, -0.2) is 24.0 Å². The summed E-state index contributed by atoms with van der Waals surface area (Å²) in [5.41, 5.74) is 0.518. The van der Waals surface area contributed by atoms with Crippen molar-refractivity contribution in [3.8, 4) is 0 Å². The van der Waals surface area contributed by atoms with Gasteiger partial charge in [-0.2, -0.15) is 0 Å². The van der Waals surface area contributed by atoms with Crippen molar-refractivity contribution in [2.45, 2.75) is 44.8 Å². The van der Waals surface area contributed by atoms with E-state index in [-0.39, 0.29) is 11.9 Å². The molecule has 1 saturated carbocycles. The van der Waals surface area contributed by atoms with Gasteiger partial charge in [-0.25, -0.2) is 4.79 Å². The summed E-state index contributed by atoms with van der Waals surface area (Å²) in [5.74, 6) is -0.683. The van der Waals surface area contributed by atoms with E-state index in [1.54, 1.807) is 6.92 Å². The average Bonchev–Trinajstić information content (AvgIpc) is 3.18. The van der Waals surface area contributed by atoms with Crippen molar-refractivity contribution in [1.82, 2.24) is 5.32 Å². The molecule has 1 aliphatic carbocycles. The smallest absolute Gasteiger partial charge is 0.340 e. The average molecular weight is 361 g/mol. The predicted molar refractivity (Wildman–Crippen MR) is 107 cm³/mol. The van der Waals surface area contributed by atoms with Crippen molar-refractivity contribution >= 4 is 33.4 Å². The number of nitrogens with one attached hydrogen (secondary N) is 1. The number of ether oxygens (including phenoxy) is 1. The molecule has 0 bridgehead atoms. The Bertz CT molecular complexity index is 951. The molecule has 1 aliphatic rings.